The Bertz CT molecular complexity index is 494. The number of hydrogen-bond donors (Lipinski definition) is 1. The first-order valence-electron chi connectivity index (χ1n) is 8.28. The maximum Gasteiger partial charge on any atom is 0.227 e. The summed E-state index contributed by atoms with van der Waals surface area (Å²) in [4.78, 5) is 14.5. The van der Waals surface area contributed by atoms with Crippen LogP contribution in [-0.4, -0.2) is 36.5 Å². The van der Waals surface area contributed by atoms with Gasteiger partial charge in [0.25, 0.3) is 0 Å². The van der Waals surface area contributed by atoms with Gasteiger partial charge in [0.05, 0.1) is 6.42 Å². The first-order valence-corrected chi connectivity index (χ1v) is 8.28. The molecule has 22 heavy (non-hydrogen) atoms. The number of piperidine rings is 1. The fraction of sp³-hybridized carbons (Fsp3) is 0.611. The average Bonchev–Trinajstić information content (AvgIpc) is 3.32. The number of likely N-dealkylation sites (tertiary alicyclic amines) is 1. The molecule has 1 aromatic rings. The maximum absolute atomic E-state index is 12.4. The highest BCUT2D eigenvalue weighted by Crippen LogP contribution is 2.28. The zero-order chi connectivity index (χ0) is 14.7. The molecular formula is C18H27ClN2O. The largest absolute Gasteiger partial charge is 0.342 e. The highest BCUT2D eigenvalue weighted by Gasteiger charge is 2.25. The van der Waals surface area contributed by atoms with E-state index in [1.165, 1.54) is 24.9 Å². The highest BCUT2D eigenvalue weighted by molar-refractivity contribution is 5.85. The number of halogens is 1. The van der Waals surface area contributed by atoms with Gasteiger partial charge in [-0.05, 0) is 56.2 Å². The average molecular weight is 323 g/mol. The van der Waals surface area contributed by atoms with Crippen molar-refractivity contribution < 1.29 is 4.79 Å². The maximum atomic E-state index is 12.4. The third kappa shape index (κ3) is 4.72. The predicted molar refractivity (Wildman–Crippen MR) is 92.5 cm³/mol. The van der Waals surface area contributed by atoms with Crippen LogP contribution in [0, 0.1) is 12.8 Å². The Morgan fingerprint density at radius 1 is 1.18 bits per heavy atom. The van der Waals surface area contributed by atoms with E-state index in [0.29, 0.717) is 12.5 Å². The predicted octanol–water partition coefficient (Wildman–Crippen LogP) is 2.95. The lowest BCUT2D eigenvalue weighted by atomic mass is 10.0. The van der Waals surface area contributed by atoms with Crippen molar-refractivity contribution in [2.75, 3.05) is 19.6 Å². The molecule has 0 radical (unpaired) electrons. The zero-order valence-corrected chi connectivity index (χ0v) is 14.2. The fourth-order valence-electron chi connectivity index (χ4n) is 3.07. The molecule has 4 heteroatoms. The Hall–Kier alpha value is -1.06. The minimum atomic E-state index is 0. The van der Waals surface area contributed by atoms with Crippen LogP contribution in [0.1, 0.15) is 36.8 Å². The van der Waals surface area contributed by atoms with Crippen molar-refractivity contribution in [3.63, 3.8) is 0 Å². The molecule has 2 aliphatic rings. The van der Waals surface area contributed by atoms with E-state index >= 15 is 0 Å². The number of nitrogens with zero attached hydrogens (tertiary/aromatic N) is 1. The topological polar surface area (TPSA) is 32.3 Å². The van der Waals surface area contributed by atoms with Gasteiger partial charge in [-0.15, -0.1) is 12.4 Å². The van der Waals surface area contributed by atoms with Crippen molar-refractivity contribution in [3.8, 4) is 0 Å². The summed E-state index contributed by atoms with van der Waals surface area (Å²) in [6.45, 7) is 5.08. The standard InChI is InChI=1S/C18H26N2O.ClH/c1-14-4-2-3-5-16(14)12-18(21)20-10-8-17(9-11-20)19-13-15-6-7-15;/h2-5,15,17,19H,6-13H2,1H3;1H. The van der Waals surface area contributed by atoms with Crippen LogP contribution in [0.2, 0.25) is 0 Å². The molecule has 1 N–H and O–H groups in total. The number of rotatable bonds is 5. The van der Waals surface area contributed by atoms with Crippen LogP contribution in [0.5, 0.6) is 0 Å². The number of carbonyl (C=O) groups is 1. The second-order valence-electron chi connectivity index (χ2n) is 6.61. The summed E-state index contributed by atoms with van der Waals surface area (Å²) in [5.41, 5.74) is 2.38. The quantitative estimate of drug-likeness (QED) is 0.904. The van der Waals surface area contributed by atoms with Crippen LogP contribution >= 0.6 is 12.4 Å². The molecule has 3 nitrogen and oxygen atoms in total. The number of aryl methyl sites for hydroxylation is 1. The number of carbonyl (C=O) groups excluding carboxylic acids is 1. The number of amides is 1. The van der Waals surface area contributed by atoms with Gasteiger partial charge in [-0.2, -0.15) is 0 Å². The van der Waals surface area contributed by atoms with Gasteiger partial charge in [-0.3, -0.25) is 4.79 Å². The van der Waals surface area contributed by atoms with Gasteiger partial charge >= 0.3 is 0 Å². The van der Waals surface area contributed by atoms with Crippen molar-refractivity contribution in [2.45, 2.75) is 45.1 Å². The van der Waals surface area contributed by atoms with Gasteiger partial charge in [0.15, 0.2) is 0 Å². The molecule has 0 unspecified atom stereocenters. The molecule has 0 spiro atoms. The summed E-state index contributed by atoms with van der Waals surface area (Å²) in [5.74, 6) is 1.22. The third-order valence-corrected chi connectivity index (χ3v) is 4.84. The normalized spacial score (nSPS) is 18.9. The van der Waals surface area contributed by atoms with Gasteiger partial charge < -0.3 is 10.2 Å². The van der Waals surface area contributed by atoms with E-state index in [1.807, 2.05) is 17.0 Å². The van der Waals surface area contributed by atoms with Gasteiger partial charge in [0.1, 0.15) is 0 Å². The van der Waals surface area contributed by atoms with E-state index in [0.717, 1.165) is 37.4 Å². The third-order valence-electron chi connectivity index (χ3n) is 4.84. The lowest BCUT2D eigenvalue weighted by Crippen LogP contribution is -2.45. The van der Waals surface area contributed by atoms with E-state index in [-0.39, 0.29) is 18.3 Å². The van der Waals surface area contributed by atoms with Crippen LogP contribution in [0.15, 0.2) is 24.3 Å². The zero-order valence-electron chi connectivity index (χ0n) is 13.4. The molecule has 0 atom stereocenters. The van der Waals surface area contributed by atoms with Crippen LogP contribution in [0.25, 0.3) is 0 Å². The minimum absolute atomic E-state index is 0. The van der Waals surface area contributed by atoms with Crippen LogP contribution < -0.4 is 5.32 Å². The first-order chi connectivity index (χ1) is 10.2. The van der Waals surface area contributed by atoms with E-state index < -0.39 is 0 Å². The molecule has 2 fully saturated rings. The van der Waals surface area contributed by atoms with Gasteiger partial charge in [0.2, 0.25) is 5.91 Å². The van der Waals surface area contributed by atoms with Gasteiger partial charge in [-0.25, -0.2) is 0 Å². The summed E-state index contributed by atoms with van der Waals surface area (Å²) in [7, 11) is 0. The number of hydrogen-bond acceptors (Lipinski definition) is 2. The number of benzene rings is 1. The van der Waals surface area contributed by atoms with E-state index in [9.17, 15) is 4.79 Å². The molecule has 3 rings (SSSR count). The van der Waals surface area contributed by atoms with Crippen molar-refractivity contribution in [1.82, 2.24) is 10.2 Å². The lowest BCUT2D eigenvalue weighted by Gasteiger charge is -2.32. The molecule has 1 heterocycles. The molecule has 0 bridgehead atoms. The van der Waals surface area contributed by atoms with E-state index in [1.54, 1.807) is 0 Å². The fourth-order valence-corrected chi connectivity index (χ4v) is 3.07. The van der Waals surface area contributed by atoms with Crippen LogP contribution in [0.4, 0.5) is 0 Å². The van der Waals surface area contributed by atoms with Crippen molar-refractivity contribution >= 4 is 18.3 Å². The minimum Gasteiger partial charge on any atom is -0.342 e. The molecule has 1 saturated carbocycles. The van der Waals surface area contributed by atoms with Crippen molar-refractivity contribution in [3.05, 3.63) is 35.4 Å². The highest BCUT2D eigenvalue weighted by atomic mass is 35.5. The van der Waals surface area contributed by atoms with Crippen molar-refractivity contribution in [2.24, 2.45) is 5.92 Å². The molecule has 122 valence electrons. The van der Waals surface area contributed by atoms with Crippen molar-refractivity contribution in [1.29, 1.82) is 0 Å². The summed E-state index contributed by atoms with van der Waals surface area (Å²) in [5, 5.41) is 3.66. The second kappa shape index (κ2) is 7.98. The smallest absolute Gasteiger partial charge is 0.227 e. The molecule has 1 aliphatic carbocycles. The van der Waals surface area contributed by atoms with Gasteiger partial charge in [-0.1, -0.05) is 24.3 Å². The monoisotopic (exact) mass is 322 g/mol. The Kier molecular flexibility index (Phi) is 6.27. The Morgan fingerprint density at radius 2 is 1.86 bits per heavy atom. The first kappa shape index (κ1) is 17.3. The lowest BCUT2D eigenvalue weighted by molar-refractivity contribution is -0.131. The van der Waals surface area contributed by atoms with Crippen LogP contribution in [0.3, 0.4) is 0 Å². The SMILES string of the molecule is Cc1ccccc1CC(=O)N1CCC(NCC2CC2)CC1.Cl. The molecule has 0 aromatic heterocycles. The molecule has 1 aromatic carbocycles. The molecular weight excluding hydrogens is 296 g/mol. The Labute approximate surface area is 139 Å². The summed E-state index contributed by atoms with van der Waals surface area (Å²) >= 11 is 0. The van der Waals surface area contributed by atoms with E-state index in [4.69, 9.17) is 0 Å². The molecule has 1 amide bonds. The summed E-state index contributed by atoms with van der Waals surface area (Å²) in [6, 6.07) is 8.81. The molecule has 1 aliphatic heterocycles. The number of nitrogens with one attached hydrogen (secondary N) is 1. The second-order valence-corrected chi connectivity index (χ2v) is 6.61. The Morgan fingerprint density at radius 3 is 2.50 bits per heavy atom. The Balaban J connectivity index is 0.00000176. The van der Waals surface area contributed by atoms with E-state index in [2.05, 4.69) is 24.4 Å². The summed E-state index contributed by atoms with van der Waals surface area (Å²) < 4.78 is 0. The van der Waals surface area contributed by atoms with Gasteiger partial charge in [0, 0.05) is 19.1 Å². The molecule has 1 saturated heterocycles. The summed E-state index contributed by atoms with van der Waals surface area (Å²) in [6.07, 6.45) is 5.56. The van der Waals surface area contributed by atoms with Crippen LogP contribution in [-0.2, 0) is 11.2 Å².